The van der Waals surface area contributed by atoms with Crippen molar-refractivity contribution in [3.05, 3.63) is 29.3 Å². The Labute approximate surface area is 84.4 Å². The van der Waals surface area contributed by atoms with Gasteiger partial charge in [-0.3, -0.25) is 0 Å². The van der Waals surface area contributed by atoms with Gasteiger partial charge >= 0.3 is 5.97 Å². The molecule has 1 unspecified atom stereocenters. The van der Waals surface area contributed by atoms with E-state index in [0.717, 1.165) is 0 Å². The van der Waals surface area contributed by atoms with Gasteiger partial charge in [-0.15, -0.1) is 0 Å². The number of aliphatic hydroxyl groups is 1. The second kappa shape index (κ2) is 4.45. The standard InChI is InChI=1S/C9H10O4S/c1-14(13)7-3-2-6(5-10)8(4-7)9(11)12/h2-4,10H,5H2,1H3,(H,11,12). The summed E-state index contributed by atoms with van der Waals surface area (Å²) in [5, 5.41) is 17.7. The Morgan fingerprint density at radius 1 is 1.57 bits per heavy atom. The third-order valence-corrected chi connectivity index (χ3v) is 2.73. The summed E-state index contributed by atoms with van der Waals surface area (Å²) < 4.78 is 11.1. The van der Waals surface area contributed by atoms with Gasteiger partial charge < -0.3 is 14.8 Å². The van der Waals surface area contributed by atoms with Crippen LogP contribution in [-0.2, 0) is 17.8 Å². The van der Waals surface area contributed by atoms with Crippen LogP contribution in [0.5, 0.6) is 0 Å². The van der Waals surface area contributed by atoms with Crippen molar-refractivity contribution in [1.82, 2.24) is 0 Å². The van der Waals surface area contributed by atoms with Crippen LogP contribution >= 0.6 is 0 Å². The zero-order chi connectivity index (χ0) is 10.7. The highest BCUT2D eigenvalue weighted by molar-refractivity contribution is 7.90. The number of carboxylic acid groups (broad SMARTS) is 1. The van der Waals surface area contributed by atoms with Crippen molar-refractivity contribution in [2.75, 3.05) is 6.26 Å². The van der Waals surface area contributed by atoms with Gasteiger partial charge in [-0.2, -0.15) is 0 Å². The van der Waals surface area contributed by atoms with Crippen LogP contribution in [0, 0.1) is 0 Å². The molecule has 0 fully saturated rings. The van der Waals surface area contributed by atoms with Crippen molar-refractivity contribution in [3.8, 4) is 0 Å². The molecule has 1 atom stereocenters. The number of aliphatic hydroxyl groups excluding tert-OH is 1. The number of hydrogen-bond donors (Lipinski definition) is 2. The lowest BCUT2D eigenvalue weighted by Crippen LogP contribution is -2.06. The van der Waals surface area contributed by atoms with Crippen LogP contribution in [0.3, 0.4) is 0 Å². The molecule has 76 valence electrons. The Kier molecular flexibility index (Phi) is 3.51. The molecular weight excluding hydrogens is 204 g/mol. The molecule has 14 heavy (non-hydrogen) atoms. The minimum absolute atomic E-state index is 0.000185. The average Bonchev–Trinajstić information content (AvgIpc) is 2.16. The molecular formula is C9H10O4S. The van der Waals surface area contributed by atoms with Crippen LogP contribution in [0.25, 0.3) is 0 Å². The Morgan fingerprint density at radius 3 is 2.64 bits per heavy atom. The molecule has 0 aliphatic rings. The monoisotopic (exact) mass is 214 g/mol. The highest BCUT2D eigenvalue weighted by atomic mass is 32.2. The molecule has 0 saturated carbocycles. The minimum Gasteiger partial charge on any atom is -0.612 e. The average molecular weight is 214 g/mol. The van der Waals surface area contributed by atoms with Gasteiger partial charge in [0.15, 0.2) is 4.90 Å². The number of hydrogen-bond acceptors (Lipinski definition) is 3. The zero-order valence-electron chi connectivity index (χ0n) is 7.56. The lowest BCUT2D eigenvalue weighted by Gasteiger charge is -2.07. The summed E-state index contributed by atoms with van der Waals surface area (Å²) in [5.41, 5.74) is 0.326. The molecule has 1 aromatic rings. The van der Waals surface area contributed by atoms with Gasteiger partial charge in [0.1, 0.15) is 6.26 Å². The lowest BCUT2D eigenvalue weighted by molar-refractivity contribution is 0.0693. The molecule has 0 saturated heterocycles. The van der Waals surface area contributed by atoms with Gasteiger partial charge in [-0.05, 0) is 22.8 Å². The fourth-order valence-corrected chi connectivity index (χ4v) is 1.61. The van der Waals surface area contributed by atoms with Gasteiger partial charge in [-0.25, -0.2) is 4.79 Å². The van der Waals surface area contributed by atoms with Gasteiger partial charge in [-0.1, -0.05) is 6.07 Å². The summed E-state index contributed by atoms with van der Waals surface area (Å²) in [7, 11) is 0. The normalized spacial score (nSPS) is 12.5. The van der Waals surface area contributed by atoms with Crippen molar-refractivity contribution in [1.29, 1.82) is 0 Å². The van der Waals surface area contributed by atoms with Crippen LogP contribution in [0.2, 0.25) is 0 Å². The Hall–Kier alpha value is -1.04. The number of benzene rings is 1. The molecule has 5 heteroatoms. The minimum atomic E-state index is -1.21. The van der Waals surface area contributed by atoms with Gasteiger partial charge in [0.05, 0.1) is 12.2 Å². The third-order valence-electron chi connectivity index (χ3n) is 1.81. The molecule has 0 aliphatic carbocycles. The fourth-order valence-electron chi connectivity index (χ4n) is 1.07. The summed E-state index contributed by atoms with van der Waals surface area (Å²) in [6.07, 6.45) is 1.47. The van der Waals surface area contributed by atoms with E-state index in [1.165, 1.54) is 18.4 Å². The smallest absolute Gasteiger partial charge is 0.336 e. The van der Waals surface area contributed by atoms with Gasteiger partial charge in [0.2, 0.25) is 0 Å². The van der Waals surface area contributed by atoms with E-state index < -0.39 is 17.1 Å². The second-order valence-electron chi connectivity index (χ2n) is 2.74. The predicted octanol–water partition coefficient (Wildman–Crippen LogP) is 0.615. The van der Waals surface area contributed by atoms with E-state index in [2.05, 4.69) is 0 Å². The van der Waals surface area contributed by atoms with Crippen LogP contribution in [0.1, 0.15) is 15.9 Å². The highest BCUT2D eigenvalue weighted by Crippen LogP contribution is 2.16. The molecule has 0 bridgehead atoms. The van der Waals surface area contributed by atoms with Crippen LogP contribution < -0.4 is 0 Å². The first-order valence-corrected chi connectivity index (χ1v) is 5.42. The third kappa shape index (κ3) is 2.25. The predicted molar refractivity (Wildman–Crippen MR) is 51.7 cm³/mol. The Balaban J connectivity index is 3.21. The maximum atomic E-state index is 11.1. The lowest BCUT2D eigenvalue weighted by atomic mass is 10.1. The molecule has 0 spiro atoms. The molecule has 2 N–H and O–H groups in total. The Bertz CT molecular complexity index is 349. The van der Waals surface area contributed by atoms with Crippen molar-refractivity contribution >= 4 is 17.1 Å². The largest absolute Gasteiger partial charge is 0.612 e. The summed E-state index contributed by atoms with van der Waals surface area (Å²) in [6.45, 7) is -0.335. The zero-order valence-corrected chi connectivity index (χ0v) is 8.37. The number of aromatic carboxylic acids is 1. The summed E-state index contributed by atoms with van der Waals surface area (Å²) in [5.74, 6) is -1.12. The molecule has 1 rings (SSSR count). The molecule has 0 aliphatic heterocycles. The topological polar surface area (TPSA) is 80.6 Å². The highest BCUT2D eigenvalue weighted by Gasteiger charge is 2.13. The second-order valence-corrected chi connectivity index (χ2v) is 4.12. The quantitative estimate of drug-likeness (QED) is 0.722. The Morgan fingerprint density at radius 2 is 2.21 bits per heavy atom. The van der Waals surface area contributed by atoms with Gasteiger partial charge in [0, 0.05) is 6.07 Å². The van der Waals surface area contributed by atoms with E-state index in [1.54, 1.807) is 6.07 Å². The maximum absolute atomic E-state index is 11.1. The fraction of sp³-hybridized carbons (Fsp3) is 0.222. The van der Waals surface area contributed by atoms with Crippen LogP contribution in [-0.4, -0.2) is 27.0 Å². The first-order chi connectivity index (χ1) is 6.56. The first kappa shape index (κ1) is 11.0. The molecule has 0 heterocycles. The molecule has 4 nitrogen and oxygen atoms in total. The van der Waals surface area contributed by atoms with Crippen molar-refractivity contribution in [2.24, 2.45) is 0 Å². The van der Waals surface area contributed by atoms with E-state index >= 15 is 0 Å². The molecule has 0 amide bonds. The van der Waals surface area contributed by atoms with Crippen molar-refractivity contribution in [2.45, 2.75) is 11.5 Å². The molecule has 1 aromatic carbocycles. The molecule has 0 radical (unpaired) electrons. The van der Waals surface area contributed by atoms with E-state index in [9.17, 15) is 9.35 Å². The summed E-state index contributed by atoms with van der Waals surface area (Å²) >= 11 is -1.21. The van der Waals surface area contributed by atoms with E-state index in [-0.39, 0.29) is 12.2 Å². The van der Waals surface area contributed by atoms with E-state index in [0.29, 0.717) is 10.5 Å². The maximum Gasteiger partial charge on any atom is 0.336 e. The van der Waals surface area contributed by atoms with Crippen molar-refractivity contribution < 1.29 is 19.6 Å². The molecule has 0 aromatic heterocycles. The number of carbonyl (C=O) groups is 1. The van der Waals surface area contributed by atoms with Crippen LogP contribution in [0.4, 0.5) is 0 Å². The summed E-state index contributed by atoms with van der Waals surface area (Å²) in [4.78, 5) is 11.2. The van der Waals surface area contributed by atoms with E-state index in [4.69, 9.17) is 10.2 Å². The van der Waals surface area contributed by atoms with E-state index in [1.807, 2.05) is 0 Å². The van der Waals surface area contributed by atoms with Crippen LogP contribution in [0.15, 0.2) is 23.1 Å². The van der Waals surface area contributed by atoms with Gasteiger partial charge in [0.25, 0.3) is 0 Å². The summed E-state index contributed by atoms with van der Waals surface area (Å²) in [6, 6.07) is 4.35. The first-order valence-electron chi connectivity index (χ1n) is 3.86. The SMILES string of the molecule is C[S+]([O-])c1ccc(CO)c(C(=O)O)c1. The van der Waals surface area contributed by atoms with Crippen molar-refractivity contribution in [3.63, 3.8) is 0 Å². The number of carboxylic acids is 1. The number of rotatable bonds is 3.